The van der Waals surface area contributed by atoms with Gasteiger partial charge in [0.2, 0.25) is 0 Å². The van der Waals surface area contributed by atoms with Crippen molar-refractivity contribution in [3.63, 3.8) is 0 Å². The Bertz CT molecular complexity index is 1750. The summed E-state index contributed by atoms with van der Waals surface area (Å²) in [4.78, 5) is 22.2. The number of nitrogens with zero attached hydrogens (tertiary/aromatic N) is 2. The lowest BCUT2D eigenvalue weighted by Crippen LogP contribution is -2.29. The zero-order valence-corrected chi connectivity index (χ0v) is 25.1. The Balaban J connectivity index is 0.00000323. The predicted octanol–water partition coefficient (Wildman–Crippen LogP) is 7.05. The quantitative estimate of drug-likeness (QED) is 0.214. The van der Waals surface area contributed by atoms with Gasteiger partial charge in [0.05, 0.1) is 20.9 Å². The van der Waals surface area contributed by atoms with Gasteiger partial charge in [-0.3, -0.25) is 9.69 Å². The lowest BCUT2D eigenvalue weighted by molar-refractivity contribution is 0.102. The Kier molecular flexibility index (Phi) is 8.39. The van der Waals surface area contributed by atoms with E-state index in [4.69, 9.17) is 4.98 Å². The molecule has 1 amide bonds. The smallest absolute Gasteiger partial charge is 0.256 e. The molecule has 0 bridgehead atoms. The third kappa shape index (κ3) is 5.70. The summed E-state index contributed by atoms with van der Waals surface area (Å²) < 4.78 is 25.9. The van der Waals surface area contributed by atoms with E-state index < -0.39 is 9.84 Å². The molecule has 6 rings (SSSR count). The van der Waals surface area contributed by atoms with E-state index in [-0.39, 0.29) is 29.0 Å². The Morgan fingerprint density at radius 3 is 2.55 bits per heavy atom. The van der Waals surface area contributed by atoms with Gasteiger partial charge >= 0.3 is 0 Å². The highest BCUT2D eigenvalue weighted by Crippen LogP contribution is 2.46. The Morgan fingerprint density at radius 2 is 1.77 bits per heavy atom. The first-order valence-electron chi connectivity index (χ1n) is 12.8. The molecule has 0 saturated heterocycles. The van der Waals surface area contributed by atoms with Crippen LogP contribution >= 0.6 is 35.1 Å². The second-order valence-corrected chi connectivity index (χ2v) is 13.9. The van der Waals surface area contributed by atoms with Gasteiger partial charge < -0.3 is 5.32 Å². The summed E-state index contributed by atoms with van der Waals surface area (Å²) in [6.07, 6.45) is 0.865. The van der Waals surface area contributed by atoms with Crippen LogP contribution in [0.3, 0.4) is 0 Å². The van der Waals surface area contributed by atoms with E-state index in [9.17, 15) is 13.2 Å². The molecule has 1 N–H and O–H groups in total. The molecule has 0 aliphatic carbocycles. The second-order valence-electron chi connectivity index (χ2n) is 9.53. The van der Waals surface area contributed by atoms with Gasteiger partial charge in [0.15, 0.2) is 9.84 Å². The standard InChI is InChI=1S/C30H27N3O3S3.ClH/c1-2-39(35,36)22-12-8-11-21(17-22)28(34)32-30-27(29-31-24-13-6-7-14-25(24)37-29)23-15-16-33(19-26(23)38-30)18-20-9-4-3-5-10-20;/h3-14,17H,2,15-16,18-19H2,1H3,(H,32,34);1H. The Labute approximate surface area is 248 Å². The molecule has 0 atom stereocenters. The molecule has 0 spiro atoms. The number of halogens is 1. The van der Waals surface area contributed by atoms with Crippen LogP contribution < -0.4 is 5.32 Å². The molecule has 40 heavy (non-hydrogen) atoms. The van der Waals surface area contributed by atoms with Crippen molar-refractivity contribution in [3.8, 4) is 10.6 Å². The van der Waals surface area contributed by atoms with Gasteiger partial charge in [0.1, 0.15) is 10.0 Å². The van der Waals surface area contributed by atoms with Gasteiger partial charge in [-0.25, -0.2) is 13.4 Å². The third-order valence-electron chi connectivity index (χ3n) is 6.96. The lowest BCUT2D eigenvalue weighted by atomic mass is 10.0. The molecule has 3 heterocycles. The summed E-state index contributed by atoms with van der Waals surface area (Å²) in [5.41, 5.74) is 4.76. The van der Waals surface area contributed by atoms with Crippen LogP contribution in [0.4, 0.5) is 5.00 Å². The number of para-hydroxylation sites is 1. The van der Waals surface area contributed by atoms with E-state index in [0.29, 0.717) is 5.56 Å². The number of sulfone groups is 1. The van der Waals surface area contributed by atoms with E-state index in [1.54, 1.807) is 41.7 Å². The number of thiazole rings is 1. The van der Waals surface area contributed by atoms with Crippen molar-refractivity contribution in [2.45, 2.75) is 31.3 Å². The number of rotatable bonds is 7. The van der Waals surface area contributed by atoms with Crippen LogP contribution in [0, 0.1) is 0 Å². The molecular weight excluding hydrogens is 582 g/mol. The highest BCUT2D eigenvalue weighted by molar-refractivity contribution is 7.91. The van der Waals surface area contributed by atoms with Crippen LogP contribution in [-0.2, 0) is 29.3 Å². The molecule has 6 nitrogen and oxygen atoms in total. The number of benzene rings is 3. The molecule has 1 aliphatic heterocycles. The second kappa shape index (κ2) is 11.8. The number of nitrogens with one attached hydrogen (secondary N) is 1. The highest BCUT2D eigenvalue weighted by Gasteiger charge is 2.28. The minimum atomic E-state index is -3.42. The first-order valence-corrected chi connectivity index (χ1v) is 16.1. The molecular formula is C30H28ClN3O3S3. The maximum atomic E-state index is 13.4. The summed E-state index contributed by atoms with van der Waals surface area (Å²) in [6, 6.07) is 24.8. The molecule has 10 heteroatoms. The van der Waals surface area contributed by atoms with Crippen LogP contribution in [0.1, 0.15) is 33.3 Å². The SMILES string of the molecule is CCS(=O)(=O)c1cccc(C(=O)Nc2sc3c(c2-c2nc4ccccc4s2)CCN(Cc2ccccc2)C3)c1.Cl. The highest BCUT2D eigenvalue weighted by atomic mass is 35.5. The van der Waals surface area contributed by atoms with E-state index in [1.165, 1.54) is 28.1 Å². The number of aromatic nitrogens is 1. The molecule has 0 saturated carbocycles. The van der Waals surface area contributed by atoms with Gasteiger partial charge in [-0.05, 0) is 47.9 Å². The van der Waals surface area contributed by atoms with Crippen molar-refractivity contribution in [3.05, 3.63) is 100 Å². The first kappa shape index (κ1) is 28.4. The minimum absolute atomic E-state index is 0. The number of hydrogen-bond acceptors (Lipinski definition) is 7. The van der Waals surface area contributed by atoms with Crippen molar-refractivity contribution in [1.82, 2.24) is 9.88 Å². The largest absolute Gasteiger partial charge is 0.313 e. The summed E-state index contributed by atoms with van der Waals surface area (Å²) in [5.74, 6) is -0.345. The molecule has 0 unspecified atom stereocenters. The molecule has 5 aromatic rings. The van der Waals surface area contributed by atoms with Crippen LogP contribution in [0.15, 0.2) is 83.8 Å². The third-order valence-corrected chi connectivity index (χ3v) is 10.9. The van der Waals surface area contributed by atoms with Crippen LogP contribution in [0.2, 0.25) is 0 Å². The summed E-state index contributed by atoms with van der Waals surface area (Å²) in [7, 11) is -3.42. The maximum absolute atomic E-state index is 13.4. The minimum Gasteiger partial charge on any atom is -0.313 e. The summed E-state index contributed by atoms with van der Waals surface area (Å²) in [6.45, 7) is 4.19. The lowest BCUT2D eigenvalue weighted by Gasteiger charge is -2.27. The van der Waals surface area contributed by atoms with Gasteiger partial charge in [-0.1, -0.05) is 55.5 Å². The number of anilines is 1. The monoisotopic (exact) mass is 609 g/mol. The zero-order chi connectivity index (χ0) is 27.0. The maximum Gasteiger partial charge on any atom is 0.256 e. The fourth-order valence-electron chi connectivity index (χ4n) is 4.90. The van der Waals surface area contributed by atoms with Crippen molar-refractivity contribution in [2.24, 2.45) is 0 Å². The van der Waals surface area contributed by atoms with Crippen molar-refractivity contribution in [2.75, 3.05) is 17.6 Å². The van der Waals surface area contributed by atoms with Crippen molar-refractivity contribution in [1.29, 1.82) is 0 Å². The van der Waals surface area contributed by atoms with Gasteiger partial charge in [0, 0.05) is 35.6 Å². The van der Waals surface area contributed by atoms with Crippen LogP contribution in [-0.4, -0.2) is 36.5 Å². The average molecular weight is 610 g/mol. The fraction of sp³-hybridized carbons (Fsp3) is 0.200. The first-order chi connectivity index (χ1) is 18.9. The predicted molar refractivity (Wildman–Crippen MR) is 167 cm³/mol. The van der Waals surface area contributed by atoms with E-state index in [0.717, 1.165) is 51.8 Å². The van der Waals surface area contributed by atoms with Crippen molar-refractivity contribution < 1.29 is 13.2 Å². The van der Waals surface area contributed by atoms with E-state index in [2.05, 4.69) is 40.5 Å². The zero-order valence-electron chi connectivity index (χ0n) is 21.8. The van der Waals surface area contributed by atoms with Gasteiger partial charge in [-0.15, -0.1) is 35.1 Å². The molecule has 0 radical (unpaired) electrons. The van der Waals surface area contributed by atoms with E-state index in [1.807, 2.05) is 24.3 Å². The number of hydrogen-bond donors (Lipinski definition) is 1. The Hall–Kier alpha value is -3.08. The van der Waals surface area contributed by atoms with Crippen LogP contribution in [0.5, 0.6) is 0 Å². The molecule has 0 fully saturated rings. The number of amides is 1. The topological polar surface area (TPSA) is 79.4 Å². The molecule has 3 aromatic carbocycles. The van der Waals surface area contributed by atoms with Crippen molar-refractivity contribution >= 4 is 66.0 Å². The summed E-state index contributed by atoms with van der Waals surface area (Å²) in [5, 5.41) is 4.77. The number of carbonyl (C=O) groups is 1. The van der Waals surface area contributed by atoms with Gasteiger partial charge in [0.25, 0.3) is 5.91 Å². The molecule has 206 valence electrons. The van der Waals surface area contributed by atoms with E-state index >= 15 is 0 Å². The average Bonchev–Trinajstić information content (AvgIpc) is 3.54. The number of thiophene rings is 1. The van der Waals surface area contributed by atoms with Crippen LogP contribution in [0.25, 0.3) is 20.8 Å². The normalized spacial score (nSPS) is 13.5. The Morgan fingerprint density at radius 1 is 1.00 bits per heavy atom. The van der Waals surface area contributed by atoms with Gasteiger partial charge in [-0.2, -0.15) is 0 Å². The molecule has 1 aliphatic rings. The number of carbonyl (C=O) groups excluding carboxylic acids is 1. The molecule has 2 aromatic heterocycles. The summed E-state index contributed by atoms with van der Waals surface area (Å²) >= 11 is 3.22. The fourth-order valence-corrected chi connectivity index (χ4v) is 8.22. The number of fused-ring (bicyclic) bond motifs is 2.